The van der Waals surface area contributed by atoms with Crippen LogP contribution in [-0.4, -0.2) is 5.78 Å². The van der Waals surface area contributed by atoms with Crippen LogP contribution in [0.4, 0.5) is 18.9 Å². The molecule has 0 amide bonds. The average molecular weight is 299 g/mol. The Bertz CT molecular complexity index is 529. The van der Waals surface area contributed by atoms with Crippen molar-refractivity contribution in [3.05, 3.63) is 29.3 Å². The zero-order chi connectivity index (χ0) is 15.8. The van der Waals surface area contributed by atoms with E-state index in [4.69, 9.17) is 5.73 Å². The third kappa shape index (κ3) is 3.57. The van der Waals surface area contributed by atoms with E-state index in [2.05, 4.69) is 13.8 Å². The minimum atomic E-state index is -4.46. The van der Waals surface area contributed by atoms with Gasteiger partial charge in [-0.05, 0) is 49.3 Å². The van der Waals surface area contributed by atoms with Gasteiger partial charge in [0, 0.05) is 17.2 Å². The maximum absolute atomic E-state index is 12.8. The Hall–Kier alpha value is -1.52. The van der Waals surface area contributed by atoms with Gasteiger partial charge in [0.25, 0.3) is 0 Å². The maximum Gasteiger partial charge on any atom is 0.416 e. The summed E-state index contributed by atoms with van der Waals surface area (Å²) in [4.78, 5) is 12.5. The Labute approximate surface area is 122 Å². The van der Waals surface area contributed by atoms with Gasteiger partial charge in [-0.3, -0.25) is 4.79 Å². The maximum atomic E-state index is 12.8. The minimum Gasteiger partial charge on any atom is -0.398 e. The molecule has 2 atom stereocenters. The van der Waals surface area contributed by atoms with E-state index in [9.17, 15) is 18.0 Å². The van der Waals surface area contributed by atoms with Gasteiger partial charge in [0.1, 0.15) is 0 Å². The lowest BCUT2D eigenvalue weighted by atomic mass is 9.74. The van der Waals surface area contributed by atoms with E-state index in [1.165, 1.54) is 6.07 Å². The number of benzene rings is 1. The van der Waals surface area contributed by atoms with Gasteiger partial charge in [0.2, 0.25) is 0 Å². The minimum absolute atomic E-state index is 0.0103. The van der Waals surface area contributed by atoms with E-state index in [1.54, 1.807) is 0 Å². The van der Waals surface area contributed by atoms with E-state index in [0.717, 1.165) is 31.4 Å². The lowest BCUT2D eigenvalue weighted by molar-refractivity contribution is -0.137. The third-order valence-electron chi connectivity index (χ3n) is 4.20. The van der Waals surface area contributed by atoms with Gasteiger partial charge in [0.15, 0.2) is 5.78 Å². The van der Waals surface area contributed by atoms with Crippen molar-refractivity contribution < 1.29 is 18.0 Å². The van der Waals surface area contributed by atoms with E-state index < -0.39 is 11.7 Å². The van der Waals surface area contributed by atoms with Gasteiger partial charge in [-0.2, -0.15) is 13.2 Å². The molecule has 21 heavy (non-hydrogen) atoms. The molecule has 2 rings (SSSR count). The molecule has 2 unspecified atom stereocenters. The summed E-state index contributed by atoms with van der Waals surface area (Å²) in [6.45, 7) is 4.15. The molecule has 0 aromatic heterocycles. The number of nitrogen functional groups attached to an aromatic ring is 1. The molecular formula is C16H20F3NO. The van der Waals surface area contributed by atoms with Crippen LogP contribution in [-0.2, 0) is 6.18 Å². The van der Waals surface area contributed by atoms with Crippen molar-refractivity contribution in [3.8, 4) is 0 Å². The Morgan fingerprint density at radius 3 is 2.24 bits per heavy atom. The molecule has 2 nitrogen and oxygen atoms in total. The average Bonchev–Trinajstić information content (AvgIpc) is 2.36. The molecule has 1 aliphatic carbocycles. The summed E-state index contributed by atoms with van der Waals surface area (Å²) in [5.41, 5.74) is 5.03. The van der Waals surface area contributed by atoms with Crippen LogP contribution in [0.25, 0.3) is 0 Å². The first-order valence-corrected chi connectivity index (χ1v) is 7.19. The van der Waals surface area contributed by atoms with Crippen LogP contribution in [0, 0.1) is 17.8 Å². The second kappa shape index (κ2) is 5.70. The first kappa shape index (κ1) is 15.9. The summed E-state index contributed by atoms with van der Waals surface area (Å²) in [5.74, 6) is 0.344. The molecule has 0 bridgehead atoms. The number of rotatable bonds is 2. The van der Waals surface area contributed by atoms with Crippen LogP contribution in [0.3, 0.4) is 0 Å². The summed E-state index contributed by atoms with van der Waals surface area (Å²) in [7, 11) is 0. The van der Waals surface area contributed by atoms with Gasteiger partial charge in [-0.25, -0.2) is 0 Å². The molecule has 0 radical (unpaired) electrons. The fourth-order valence-electron chi connectivity index (χ4n) is 3.33. The van der Waals surface area contributed by atoms with Crippen molar-refractivity contribution in [3.63, 3.8) is 0 Å². The van der Waals surface area contributed by atoms with E-state index in [1.807, 2.05) is 0 Å². The number of hydrogen-bond donors (Lipinski definition) is 1. The van der Waals surface area contributed by atoms with Gasteiger partial charge in [-0.1, -0.05) is 13.8 Å². The molecule has 1 aromatic carbocycles. The Morgan fingerprint density at radius 2 is 1.71 bits per heavy atom. The standard InChI is InChI=1S/C16H20F3NO/c1-9-5-10(2)7-11(6-9)15(21)13-8-12(16(17,18)19)3-4-14(13)20/h3-4,8-11H,5-7,20H2,1-2H3. The topological polar surface area (TPSA) is 43.1 Å². The Kier molecular flexibility index (Phi) is 4.30. The van der Waals surface area contributed by atoms with Gasteiger partial charge >= 0.3 is 6.18 Å². The number of carbonyl (C=O) groups excluding carboxylic acids is 1. The summed E-state index contributed by atoms with van der Waals surface area (Å²) >= 11 is 0. The highest BCUT2D eigenvalue weighted by atomic mass is 19.4. The number of hydrogen-bond acceptors (Lipinski definition) is 2. The molecule has 5 heteroatoms. The van der Waals surface area contributed by atoms with Crippen molar-refractivity contribution in [1.82, 2.24) is 0 Å². The van der Waals surface area contributed by atoms with E-state index in [0.29, 0.717) is 11.8 Å². The van der Waals surface area contributed by atoms with Crippen molar-refractivity contribution in [2.45, 2.75) is 39.3 Å². The summed E-state index contributed by atoms with van der Waals surface area (Å²) in [6.07, 6.45) is -1.96. The quantitative estimate of drug-likeness (QED) is 0.643. The Balaban J connectivity index is 2.30. The van der Waals surface area contributed by atoms with Crippen LogP contribution in [0.2, 0.25) is 0 Å². The predicted molar refractivity (Wildman–Crippen MR) is 75.9 cm³/mol. The van der Waals surface area contributed by atoms with Gasteiger partial charge in [0.05, 0.1) is 5.56 Å². The number of anilines is 1. The molecule has 0 spiro atoms. The monoisotopic (exact) mass is 299 g/mol. The fraction of sp³-hybridized carbons (Fsp3) is 0.562. The lowest BCUT2D eigenvalue weighted by Crippen LogP contribution is -2.27. The van der Waals surface area contributed by atoms with Crippen LogP contribution >= 0.6 is 0 Å². The zero-order valence-corrected chi connectivity index (χ0v) is 12.2. The molecule has 1 aromatic rings. The first-order chi connectivity index (χ1) is 9.68. The molecule has 0 saturated heterocycles. The summed E-state index contributed by atoms with van der Waals surface area (Å²) in [6, 6.07) is 2.98. The highest BCUT2D eigenvalue weighted by Gasteiger charge is 2.34. The second-order valence-electron chi connectivity index (χ2n) is 6.28. The fourth-order valence-corrected chi connectivity index (χ4v) is 3.33. The van der Waals surface area contributed by atoms with Crippen molar-refractivity contribution >= 4 is 11.5 Å². The van der Waals surface area contributed by atoms with Gasteiger partial charge < -0.3 is 5.73 Å². The number of halogens is 3. The van der Waals surface area contributed by atoms with Crippen molar-refractivity contribution in [1.29, 1.82) is 0 Å². The van der Waals surface area contributed by atoms with Crippen LogP contribution < -0.4 is 5.73 Å². The van der Waals surface area contributed by atoms with Crippen LogP contribution in [0.15, 0.2) is 18.2 Å². The molecule has 1 fully saturated rings. The molecule has 1 saturated carbocycles. The largest absolute Gasteiger partial charge is 0.416 e. The molecular weight excluding hydrogens is 279 g/mol. The zero-order valence-electron chi connectivity index (χ0n) is 12.2. The van der Waals surface area contributed by atoms with Crippen molar-refractivity contribution in [2.75, 3.05) is 5.73 Å². The molecule has 1 aliphatic rings. The Morgan fingerprint density at radius 1 is 1.14 bits per heavy atom. The summed E-state index contributed by atoms with van der Waals surface area (Å²) < 4.78 is 38.3. The lowest BCUT2D eigenvalue weighted by Gasteiger charge is -2.30. The number of alkyl halides is 3. The number of Topliss-reactive ketones (excluding diaryl/α,β-unsaturated/α-hetero) is 1. The van der Waals surface area contributed by atoms with Gasteiger partial charge in [-0.15, -0.1) is 0 Å². The third-order valence-corrected chi connectivity index (χ3v) is 4.20. The van der Waals surface area contributed by atoms with E-state index in [-0.39, 0.29) is 23.0 Å². The molecule has 2 N–H and O–H groups in total. The smallest absolute Gasteiger partial charge is 0.398 e. The molecule has 0 heterocycles. The first-order valence-electron chi connectivity index (χ1n) is 7.19. The number of nitrogens with two attached hydrogens (primary N) is 1. The number of carbonyl (C=O) groups is 1. The molecule has 0 aliphatic heterocycles. The predicted octanol–water partition coefficient (Wildman–Crippen LogP) is 4.54. The SMILES string of the molecule is CC1CC(C)CC(C(=O)c2cc(C(F)(F)F)ccc2N)C1. The van der Waals surface area contributed by atoms with E-state index >= 15 is 0 Å². The highest BCUT2D eigenvalue weighted by Crippen LogP contribution is 2.37. The number of ketones is 1. The van der Waals surface area contributed by atoms with Crippen molar-refractivity contribution in [2.24, 2.45) is 17.8 Å². The highest BCUT2D eigenvalue weighted by molar-refractivity contribution is 6.02. The van der Waals surface area contributed by atoms with Crippen LogP contribution in [0.5, 0.6) is 0 Å². The summed E-state index contributed by atoms with van der Waals surface area (Å²) in [5, 5.41) is 0. The van der Waals surface area contributed by atoms with Crippen LogP contribution in [0.1, 0.15) is 49.0 Å². The second-order valence-corrected chi connectivity index (χ2v) is 6.28. The molecule has 116 valence electrons. The normalized spacial score (nSPS) is 26.6.